The predicted molar refractivity (Wildman–Crippen MR) is 158 cm³/mol. The zero-order chi connectivity index (χ0) is 28.2. The summed E-state index contributed by atoms with van der Waals surface area (Å²) in [5.41, 5.74) is 5.39. The molecule has 4 rings (SSSR count). The molecule has 2 aromatic carbocycles. The van der Waals surface area contributed by atoms with E-state index in [0.717, 1.165) is 53.6 Å². The molecule has 8 nitrogen and oxygen atoms in total. The highest BCUT2D eigenvalue weighted by atomic mass is 16.2. The molecule has 4 amide bonds. The average molecular weight is 542 g/mol. The number of carbonyl (C=O) groups excluding carboxylic acids is 3. The molecule has 1 fully saturated rings. The third-order valence-corrected chi connectivity index (χ3v) is 7.17. The molecule has 0 atom stereocenters. The van der Waals surface area contributed by atoms with Gasteiger partial charge in [0, 0.05) is 37.8 Å². The maximum Gasteiger partial charge on any atom is 0.315 e. The summed E-state index contributed by atoms with van der Waals surface area (Å²) >= 11 is 0. The van der Waals surface area contributed by atoms with Crippen molar-refractivity contribution >= 4 is 29.2 Å². The lowest BCUT2D eigenvalue weighted by molar-refractivity contribution is -0.116. The average Bonchev–Trinajstić information content (AvgIpc) is 2.95. The molecule has 0 radical (unpaired) electrons. The van der Waals surface area contributed by atoms with Gasteiger partial charge in [0.15, 0.2) is 0 Å². The van der Waals surface area contributed by atoms with E-state index in [2.05, 4.69) is 26.3 Å². The summed E-state index contributed by atoms with van der Waals surface area (Å²) in [6, 6.07) is 17.9. The third kappa shape index (κ3) is 9.22. The first-order valence-electron chi connectivity index (χ1n) is 14.2. The Balaban J connectivity index is 1.43. The van der Waals surface area contributed by atoms with Crippen molar-refractivity contribution in [3.63, 3.8) is 0 Å². The second kappa shape index (κ2) is 14.8. The molecule has 1 aliphatic rings. The van der Waals surface area contributed by atoms with E-state index in [1.807, 2.05) is 54.6 Å². The Morgan fingerprint density at radius 1 is 0.850 bits per heavy atom. The van der Waals surface area contributed by atoms with Crippen molar-refractivity contribution in [1.29, 1.82) is 0 Å². The van der Waals surface area contributed by atoms with Gasteiger partial charge in [-0.25, -0.2) is 4.79 Å². The fraction of sp³-hybridized carbons (Fsp3) is 0.375. The zero-order valence-electron chi connectivity index (χ0n) is 23.2. The number of nitrogens with one attached hydrogen (secondary N) is 4. The zero-order valence-corrected chi connectivity index (χ0v) is 23.2. The Morgan fingerprint density at radius 3 is 2.42 bits per heavy atom. The summed E-state index contributed by atoms with van der Waals surface area (Å²) in [5.74, 6) is -0.218. The van der Waals surface area contributed by atoms with Crippen molar-refractivity contribution in [1.82, 2.24) is 15.6 Å². The first-order valence-corrected chi connectivity index (χ1v) is 14.2. The van der Waals surface area contributed by atoms with Gasteiger partial charge < -0.3 is 21.3 Å². The van der Waals surface area contributed by atoms with Crippen LogP contribution in [0.15, 0.2) is 67.0 Å². The van der Waals surface area contributed by atoms with Gasteiger partial charge in [-0.1, -0.05) is 61.7 Å². The lowest BCUT2D eigenvalue weighted by Crippen LogP contribution is -2.43. The number of benzene rings is 2. The second-order valence-electron chi connectivity index (χ2n) is 10.4. The highest BCUT2D eigenvalue weighted by molar-refractivity contribution is 5.92. The minimum Gasteiger partial charge on any atom is -0.338 e. The standard InChI is InChI=1S/C32H39N5O3/c1-23(38)35-30-22-33-18-16-27(30)20-25-12-14-26(17-19-34-32(40)36-28-10-6-3-7-11-28)29(21-25)37-31(39)15-13-24-8-4-2-5-9-24/h2,4-5,8-9,12,14,16,18,21-22,28H,3,6-7,10-11,13,15,17,19-20H2,1H3,(H,35,38)(H,37,39)(H2,34,36,40). The van der Waals surface area contributed by atoms with Crippen LogP contribution in [0.25, 0.3) is 0 Å². The van der Waals surface area contributed by atoms with Crippen LogP contribution in [0.4, 0.5) is 16.2 Å². The molecule has 8 heteroatoms. The van der Waals surface area contributed by atoms with Crippen LogP contribution in [0.5, 0.6) is 0 Å². The van der Waals surface area contributed by atoms with E-state index in [1.165, 1.54) is 13.3 Å². The largest absolute Gasteiger partial charge is 0.338 e. The summed E-state index contributed by atoms with van der Waals surface area (Å²) in [6.45, 7) is 1.93. The van der Waals surface area contributed by atoms with Crippen LogP contribution < -0.4 is 21.3 Å². The maximum absolute atomic E-state index is 12.9. The van der Waals surface area contributed by atoms with Crippen molar-refractivity contribution < 1.29 is 14.4 Å². The smallest absolute Gasteiger partial charge is 0.315 e. The molecule has 0 spiro atoms. The van der Waals surface area contributed by atoms with Gasteiger partial charge >= 0.3 is 6.03 Å². The van der Waals surface area contributed by atoms with Crippen molar-refractivity contribution in [2.75, 3.05) is 17.2 Å². The number of urea groups is 1. The molecule has 3 aromatic rings. The topological polar surface area (TPSA) is 112 Å². The quantitative estimate of drug-likeness (QED) is 0.261. The minimum absolute atomic E-state index is 0.0619. The van der Waals surface area contributed by atoms with E-state index in [-0.39, 0.29) is 23.9 Å². The van der Waals surface area contributed by atoms with Crippen LogP contribution in [0.2, 0.25) is 0 Å². The Morgan fingerprint density at radius 2 is 1.65 bits per heavy atom. The van der Waals surface area contributed by atoms with Gasteiger partial charge in [-0.2, -0.15) is 0 Å². The van der Waals surface area contributed by atoms with Crippen molar-refractivity contribution in [2.45, 2.75) is 70.8 Å². The normalized spacial score (nSPS) is 13.3. The molecular weight excluding hydrogens is 502 g/mol. The number of aryl methyl sites for hydroxylation is 1. The summed E-state index contributed by atoms with van der Waals surface area (Å²) in [6.07, 6.45) is 11.1. The predicted octanol–water partition coefficient (Wildman–Crippen LogP) is 5.38. The number of aromatic nitrogens is 1. The van der Waals surface area contributed by atoms with E-state index >= 15 is 0 Å². The van der Waals surface area contributed by atoms with E-state index in [9.17, 15) is 14.4 Å². The Bertz CT molecular complexity index is 1290. The van der Waals surface area contributed by atoms with E-state index in [4.69, 9.17) is 0 Å². The minimum atomic E-state index is -0.156. The first-order chi connectivity index (χ1) is 19.5. The number of rotatable bonds is 11. The first kappa shape index (κ1) is 28.8. The Labute approximate surface area is 236 Å². The molecule has 1 aromatic heterocycles. The molecular formula is C32H39N5O3. The number of amides is 4. The lowest BCUT2D eigenvalue weighted by Gasteiger charge is -2.23. The number of hydrogen-bond acceptors (Lipinski definition) is 4. The molecule has 40 heavy (non-hydrogen) atoms. The summed E-state index contributed by atoms with van der Waals surface area (Å²) in [7, 11) is 0. The van der Waals surface area contributed by atoms with Gasteiger partial charge in [0.05, 0.1) is 11.9 Å². The number of nitrogens with zero attached hydrogens (tertiary/aromatic N) is 1. The molecule has 1 heterocycles. The van der Waals surface area contributed by atoms with Crippen LogP contribution in [0.3, 0.4) is 0 Å². The van der Waals surface area contributed by atoms with Crippen LogP contribution in [0, 0.1) is 0 Å². The van der Waals surface area contributed by atoms with Gasteiger partial charge in [-0.15, -0.1) is 0 Å². The maximum atomic E-state index is 12.9. The van der Waals surface area contributed by atoms with E-state index in [1.54, 1.807) is 12.4 Å². The number of pyridine rings is 1. The van der Waals surface area contributed by atoms with Crippen LogP contribution in [0.1, 0.15) is 67.7 Å². The van der Waals surface area contributed by atoms with E-state index < -0.39 is 0 Å². The van der Waals surface area contributed by atoms with Gasteiger partial charge in [-0.05, 0) is 66.5 Å². The van der Waals surface area contributed by atoms with Crippen LogP contribution in [-0.4, -0.2) is 35.4 Å². The number of anilines is 2. The third-order valence-electron chi connectivity index (χ3n) is 7.17. The summed E-state index contributed by atoms with van der Waals surface area (Å²) in [5, 5.41) is 12.0. The van der Waals surface area contributed by atoms with Crippen LogP contribution in [-0.2, 0) is 28.9 Å². The summed E-state index contributed by atoms with van der Waals surface area (Å²) < 4.78 is 0. The van der Waals surface area contributed by atoms with Crippen molar-refractivity contribution in [2.24, 2.45) is 0 Å². The van der Waals surface area contributed by atoms with Gasteiger partial charge in [0.1, 0.15) is 0 Å². The van der Waals surface area contributed by atoms with Gasteiger partial charge in [-0.3, -0.25) is 14.6 Å². The Kier molecular flexibility index (Phi) is 10.7. The van der Waals surface area contributed by atoms with Crippen LogP contribution >= 0.6 is 0 Å². The molecule has 0 saturated heterocycles. The number of hydrogen-bond donors (Lipinski definition) is 4. The molecule has 0 unspecified atom stereocenters. The number of carbonyl (C=O) groups is 3. The molecule has 0 aliphatic heterocycles. The lowest BCUT2D eigenvalue weighted by atomic mass is 9.96. The van der Waals surface area contributed by atoms with Gasteiger partial charge in [0.2, 0.25) is 11.8 Å². The van der Waals surface area contributed by atoms with E-state index in [0.29, 0.717) is 37.9 Å². The highest BCUT2D eigenvalue weighted by Crippen LogP contribution is 2.24. The molecule has 210 valence electrons. The molecule has 1 saturated carbocycles. The SMILES string of the molecule is CC(=O)Nc1cnccc1Cc1ccc(CCNC(=O)NC2CCCCC2)c(NC(=O)CCc2ccccc2)c1. The fourth-order valence-electron chi connectivity index (χ4n) is 5.08. The second-order valence-corrected chi connectivity index (χ2v) is 10.4. The molecule has 4 N–H and O–H groups in total. The highest BCUT2D eigenvalue weighted by Gasteiger charge is 2.16. The fourth-order valence-corrected chi connectivity index (χ4v) is 5.08. The summed E-state index contributed by atoms with van der Waals surface area (Å²) in [4.78, 5) is 41.1. The monoisotopic (exact) mass is 541 g/mol. The molecule has 0 bridgehead atoms. The van der Waals surface area contributed by atoms with Gasteiger partial charge in [0.25, 0.3) is 0 Å². The van der Waals surface area contributed by atoms with Crippen molar-refractivity contribution in [3.05, 3.63) is 89.2 Å². The van der Waals surface area contributed by atoms with Crippen molar-refractivity contribution in [3.8, 4) is 0 Å². The molecule has 1 aliphatic carbocycles. The Hall–Kier alpha value is -4.20.